The van der Waals surface area contributed by atoms with Gasteiger partial charge in [0.05, 0.1) is 17.5 Å². The summed E-state index contributed by atoms with van der Waals surface area (Å²) in [6.45, 7) is 0. The highest BCUT2D eigenvalue weighted by molar-refractivity contribution is 6.31. The molecule has 0 unspecified atom stereocenters. The van der Waals surface area contributed by atoms with Crippen LogP contribution in [0.25, 0.3) is 5.57 Å². The first-order valence-corrected chi connectivity index (χ1v) is 4.32. The Labute approximate surface area is 82.3 Å². The van der Waals surface area contributed by atoms with E-state index in [1.807, 2.05) is 25.1 Å². The lowest BCUT2D eigenvalue weighted by molar-refractivity contribution is -0.110. The number of anilines is 1. The Bertz CT molecular complexity index is 410. The summed E-state index contributed by atoms with van der Waals surface area (Å²) in [5.41, 5.74) is 2.39. The number of hydrogen-bond donors (Lipinski definition) is 1. The van der Waals surface area contributed by atoms with Gasteiger partial charge in [-0.2, -0.15) is 0 Å². The molecule has 1 aliphatic rings. The van der Waals surface area contributed by atoms with E-state index in [1.54, 1.807) is 18.6 Å². The van der Waals surface area contributed by atoms with E-state index in [9.17, 15) is 4.79 Å². The van der Waals surface area contributed by atoms with Crippen LogP contribution < -0.4 is 5.32 Å². The topological polar surface area (TPSA) is 45.2 Å². The fourth-order valence-electron chi connectivity index (χ4n) is 1.43. The van der Waals surface area contributed by atoms with Crippen LogP contribution in [0.3, 0.4) is 0 Å². The van der Waals surface area contributed by atoms with Crippen molar-refractivity contribution in [3.63, 3.8) is 0 Å². The summed E-state index contributed by atoms with van der Waals surface area (Å²) in [6.07, 6.45) is 5.15. The molecule has 2 heterocycles. The monoisotopic (exact) mass is 189 g/mol. The molecule has 4 heteroatoms. The number of aromatic nitrogens is 1. The van der Waals surface area contributed by atoms with Gasteiger partial charge in [0.15, 0.2) is 0 Å². The Kier molecular flexibility index (Phi) is 1.96. The molecule has 1 aromatic heterocycles. The molecule has 4 nitrogen and oxygen atoms in total. The average Bonchev–Trinajstić information content (AvgIpc) is 2.43. The third kappa shape index (κ3) is 1.35. The number of nitrogens with one attached hydrogen (secondary N) is 1. The Morgan fingerprint density at radius 3 is 3.00 bits per heavy atom. The minimum Gasteiger partial charge on any atom is -0.383 e. The van der Waals surface area contributed by atoms with E-state index in [4.69, 9.17) is 0 Å². The molecule has 0 fully saturated rings. The van der Waals surface area contributed by atoms with Gasteiger partial charge in [-0.25, -0.2) is 0 Å². The number of carbonyl (C=O) groups is 1. The Balaban J connectivity index is 2.50. The van der Waals surface area contributed by atoms with E-state index in [2.05, 4.69) is 10.3 Å². The Morgan fingerprint density at radius 2 is 2.29 bits per heavy atom. The van der Waals surface area contributed by atoms with Crippen molar-refractivity contribution in [3.8, 4) is 0 Å². The van der Waals surface area contributed by atoms with Crippen LogP contribution in [0.2, 0.25) is 0 Å². The lowest BCUT2D eigenvalue weighted by Gasteiger charge is -2.05. The maximum Gasteiger partial charge on any atom is 0.257 e. The molecule has 0 bridgehead atoms. The highest BCUT2D eigenvalue weighted by Crippen LogP contribution is 2.30. The van der Waals surface area contributed by atoms with E-state index in [1.165, 1.54) is 0 Å². The van der Waals surface area contributed by atoms with Crippen LogP contribution >= 0.6 is 0 Å². The highest BCUT2D eigenvalue weighted by atomic mass is 16.2. The van der Waals surface area contributed by atoms with Crippen LogP contribution in [0.15, 0.2) is 24.7 Å². The second-order valence-corrected chi connectivity index (χ2v) is 3.38. The molecular weight excluding hydrogens is 178 g/mol. The second-order valence-electron chi connectivity index (χ2n) is 3.38. The molecule has 0 atom stereocenters. The van der Waals surface area contributed by atoms with Gasteiger partial charge < -0.3 is 10.2 Å². The standard InChI is InChI=1S/C10H11N3O/c1-13(2)6-8-7-3-4-11-5-9(7)12-10(8)14/h3-6H,1-2H3,(H,12,14)/b8-6+. The number of carbonyl (C=O) groups excluding carboxylic acids is 1. The van der Waals surface area contributed by atoms with E-state index >= 15 is 0 Å². The summed E-state index contributed by atoms with van der Waals surface area (Å²) in [4.78, 5) is 17.3. The van der Waals surface area contributed by atoms with Gasteiger partial charge in [-0.1, -0.05) is 0 Å². The number of fused-ring (bicyclic) bond motifs is 1. The summed E-state index contributed by atoms with van der Waals surface area (Å²) in [6, 6.07) is 1.84. The molecule has 0 saturated heterocycles. The maximum absolute atomic E-state index is 11.5. The van der Waals surface area contributed by atoms with Crippen molar-refractivity contribution in [2.45, 2.75) is 0 Å². The third-order valence-electron chi connectivity index (χ3n) is 1.99. The summed E-state index contributed by atoms with van der Waals surface area (Å²) in [5.74, 6) is -0.0679. The number of nitrogens with zero attached hydrogens (tertiary/aromatic N) is 2. The van der Waals surface area contributed by atoms with Crippen molar-refractivity contribution < 1.29 is 4.79 Å². The average molecular weight is 189 g/mol. The van der Waals surface area contributed by atoms with Gasteiger partial charge in [0.1, 0.15) is 0 Å². The minimum atomic E-state index is -0.0679. The van der Waals surface area contributed by atoms with E-state index < -0.39 is 0 Å². The largest absolute Gasteiger partial charge is 0.383 e. The zero-order valence-electron chi connectivity index (χ0n) is 8.11. The predicted molar refractivity (Wildman–Crippen MR) is 54.5 cm³/mol. The predicted octanol–water partition coefficient (Wildman–Crippen LogP) is 0.936. The molecule has 2 rings (SSSR count). The zero-order chi connectivity index (χ0) is 10.1. The fraction of sp³-hybridized carbons (Fsp3) is 0.200. The SMILES string of the molecule is CN(C)/C=C1/C(=O)Nc2cnccc21. The van der Waals surface area contributed by atoms with Crippen LogP contribution in [0.4, 0.5) is 5.69 Å². The van der Waals surface area contributed by atoms with E-state index in [0.717, 1.165) is 11.3 Å². The van der Waals surface area contributed by atoms with Gasteiger partial charge in [-0.15, -0.1) is 0 Å². The lowest BCUT2D eigenvalue weighted by Crippen LogP contribution is -2.08. The van der Waals surface area contributed by atoms with Crippen LogP contribution in [0, 0.1) is 0 Å². The van der Waals surface area contributed by atoms with Crippen molar-refractivity contribution in [1.29, 1.82) is 0 Å². The quantitative estimate of drug-likeness (QED) is 0.668. The zero-order valence-corrected chi connectivity index (χ0v) is 8.11. The van der Waals surface area contributed by atoms with Crippen LogP contribution in [-0.2, 0) is 4.79 Å². The van der Waals surface area contributed by atoms with Gasteiger partial charge in [-0.3, -0.25) is 9.78 Å². The van der Waals surface area contributed by atoms with Crippen LogP contribution in [0.5, 0.6) is 0 Å². The van der Waals surface area contributed by atoms with Crippen LogP contribution in [-0.4, -0.2) is 29.9 Å². The summed E-state index contributed by atoms with van der Waals surface area (Å²) in [5, 5.41) is 2.76. The minimum absolute atomic E-state index is 0.0679. The number of hydrogen-bond acceptors (Lipinski definition) is 3. The molecule has 0 radical (unpaired) electrons. The first kappa shape index (κ1) is 8.74. The molecule has 14 heavy (non-hydrogen) atoms. The lowest BCUT2D eigenvalue weighted by atomic mass is 10.1. The fourth-order valence-corrected chi connectivity index (χ4v) is 1.43. The third-order valence-corrected chi connectivity index (χ3v) is 1.99. The summed E-state index contributed by atoms with van der Waals surface area (Å²) in [7, 11) is 3.78. The second kappa shape index (κ2) is 3.14. The molecule has 1 aromatic rings. The molecule has 72 valence electrons. The van der Waals surface area contributed by atoms with Gasteiger partial charge in [0.25, 0.3) is 5.91 Å². The molecule has 1 aliphatic heterocycles. The van der Waals surface area contributed by atoms with Crippen molar-refractivity contribution in [1.82, 2.24) is 9.88 Å². The Morgan fingerprint density at radius 1 is 1.50 bits per heavy atom. The molecular formula is C10H11N3O. The molecule has 1 amide bonds. The normalized spacial score (nSPS) is 16.7. The maximum atomic E-state index is 11.5. The van der Waals surface area contributed by atoms with Crippen LogP contribution in [0.1, 0.15) is 5.56 Å². The van der Waals surface area contributed by atoms with Gasteiger partial charge >= 0.3 is 0 Å². The number of rotatable bonds is 1. The molecule has 0 aliphatic carbocycles. The summed E-state index contributed by atoms with van der Waals surface area (Å²) < 4.78 is 0. The first-order valence-electron chi connectivity index (χ1n) is 4.32. The van der Waals surface area contributed by atoms with Gasteiger partial charge in [-0.05, 0) is 6.07 Å². The molecule has 1 N–H and O–H groups in total. The molecule has 0 aromatic carbocycles. The number of amides is 1. The Hall–Kier alpha value is -1.84. The van der Waals surface area contributed by atoms with Gasteiger partial charge in [0.2, 0.25) is 0 Å². The van der Waals surface area contributed by atoms with Gasteiger partial charge in [0, 0.05) is 32.1 Å². The van der Waals surface area contributed by atoms with Crippen molar-refractivity contribution in [2.75, 3.05) is 19.4 Å². The smallest absolute Gasteiger partial charge is 0.257 e. The number of pyridine rings is 1. The summed E-state index contributed by atoms with van der Waals surface area (Å²) >= 11 is 0. The molecule has 0 spiro atoms. The van der Waals surface area contributed by atoms with Crippen molar-refractivity contribution in [2.24, 2.45) is 0 Å². The van der Waals surface area contributed by atoms with E-state index in [0.29, 0.717) is 5.57 Å². The molecule has 0 saturated carbocycles. The first-order chi connectivity index (χ1) is 6.68. The van der Waals surface area contributed by atoms with Crippen molar-refractivity contribution in [3.05, 3.63) is 30.2 Å². The highest BCUT2D eigenvalue weighted by Gasteiger charge is 2.23. The van der Waals surface area contributed by atoms with Crippen molar-refractivity contribution >= 4 is 17.2 Å². The van der Waals surface area contributed by atoms with E-state index in [-0.39, 0.29) is 5.91 Å².